The molecule has 2 aromatic carbocycles. The van der Waals surface area contributed by atoms with Gasteiger partial charge in [0.2, 0.25) is 10.0 Å². The minimum absolute atomic E-state index is 0.0218. The summed E-state index contributed by atoms with van der Waals surface area (Å²) >= 11 is 0. The predicted octanol–water partition coefficient (Wildman–Crippen LogP) is 2.71. The molecule has 158 valence electrons. The molecule has 2 N–H and O–H groups in total. The van der Waals surface area contributed by atoms with Gasteiger partial charge in [0.1, 0.15) is 18.1 Å². The Morgan fingerprint density at radius 3 is 2.28 bits per heavy atom. The van der Waals surface area contributed by atoms with E-state index in [1.54, 1.807) is 0 Å². The number of hydrogen-bond acceptors (Lipinski definition) is 5. The molecule has 0 aliphatic rings. The zero-order valence-corrected chi connectivity index (χ0v) is 18.2. The number of benzene rings is 2. The van der Waals surface area contributed by atoms with E-state index in [-0.39, 0.29) is 29.0 Å². The van der Waals surface area contributed by atoms with Crippen molar-refractivity contribution in [1.29, 1.82) is 0 Å². The van der Waals surface area contributed by atoms with Crippen molar-refractivity contribution >= 4 is 15.9 Å². The smallest absolute Gasteiger partial charge is 0.254 e. The molecule has 0 bridgehead atoms. The molecule has 0 unspecified atom stereocenters. The number of carbonyl (C=O) groups excluding carboxylic acids is 1. The van der Waals surface area contributed by atoms with Crippen LogP contribution in [0.3, 0.4) is 0 Å². The van der Waals surface area contributed by atoms with E-state index in [9.17, 15) is 13.2 Å². The van der Waals surface area contributed by atoms with Crippen molar-refractivity contribution in [3.8, 4) is 11.5 Å². The quantitative estimate of drug-likeness (QED) is 0.641. The summed E-state index contributed by atoms with van der Waals surface area (Å²) in [5, 5.41) is 2.46. The van der Waals surface area contributed by atoms with Gasteiger partial charge in [-0.05, 0) is 41.3 Å². The molecular weight excluding hydrogens is 392 g/mol. The van der Waals surface area contributed by atoms with Crippen molar-refractivity contribution in [3.63, 3.8) is 0 Å². The Morgan fingerprint density at radius 2 is 1.72 bits per heavy atom. The van der Waals surface area contributed by atoms with Crippen LogP contribution in [0.2, 0.25) is 0 Å². The second-order valence-electron chi connectivity index (χ2n) is 7.46. The van der Waals surface area contributed by atoms with Crippen LogP contribution in [0, 0.1) is 0 Å². The molecule has 0 atom stereocenters. The Labute approximate surface area is 172 Å². The molecular formula is C21H28N2O5S. The maximum Gasteiger partial charge on any atom is 0.254 e. The van der Waals surface area contributed by atoms with Crippen molar-refractivity contribution in [2.24, 2.45) is 0 Å². The van der Waals surface area contributed by atoms with Gasteiger partial charge in [-0.2, -0.15) is 0 Å². The van der Waals surface area contributed by atoms with Crippen LogP contribution in [-0.2, 0) is 15.4 Å². The highest BCUT2D eigenvalue weighted by molar-refractivity contribution is 7.89. The van der Waals surface area contributed by atoms with Crippen LogP contribution in [0.5, 0.6) is 11.5 Å². The van der Waals surface area contributed by atoms with Gasteiger partial charge in [0.15, 0.2) is 0 Å². The summed E-state index contributed by atoms with van der Waals surface area (Å²) in [5.41, 5.74) is 1.39. The molecule has 0 radical (unpaired) electrons. The number of sulfonamides is 1. The molecule has 7 nitrogen and oxygen atoms in total. The van der Waals surface area contributed by atoms with E-state index in [0.29, 0.717) is 11.5 Å². The third-order valence-electron chi connectivity index (χ3n) is 4.34. The SMILES string of the molecule is CNC(=O)c1cc(S(=O)(=O)NCCOc2ccc(C(C)(C)C)cc2)ccc1OC. The van der Waals surface area contributed by atoms with Crippen LogP contribution >= 0.6 is 0 Å². The molecule has 0 saturated heterocycles. The van der Waals surface area contributed by atoms with E-state index >= 15 is 0 Å². The van der Waals surface area contributed by atoms with Crippen LogP contribution in [0.15, 0.2) is 47.4 Å². The maximum atomic E-state index is 12.5. The first-order chi connectivity index (χ1) is 13.6. The van der Waals surface area contributed by atoms with Crippen molar-refractivity contribution in [3.05, 3.63) is 53.6 Å². The second-order valence-corrected chi connectivity index (χ2v) is 9.23. The lowest BCUT2D eigenvalue weighted by Crippen LogP contribution is -2.28. The fourth-order valence-corrected chi connectivity index (χ4v) is 3.68. The van der Waals surface area contributed by atoms with E-state index in [1.165, 1.54) is 37.9 Å². The molecule has 2 rings (SSSR count). The fraction of sp³-hybridized carbons (Fsp3) is 0.381. The highest BCUT2D eigenvalue weighted by atomic mass is 32.2. The zero-order chi connectivity index (χ0) is 21.7. The van der Waals surface area contributed by atoms with Crippen LogP contribution < -0.4 is 19.5 Å². The Hall–Kier alpha value is -2.58. The van der Waals surface area contributed by atoms with Gasteiger partial charge in [-0.25, -0.2) is 13.1 Å². The summed E-state index contributed by atoms with van der Waals surface area (Å²) in [5.74, 6) is 0.537. The summed E-state index contributed by atoms with van der Waals surface area (Å²) in [6, 6.07) is 11.9. The van der Waals surface area contributed by atoms with Crippen molar-refractivity contribution in [2.75, 3.05) is 27.3 Å². The Kier molecular flexibility index (Phi) is 7.26. The van der Waals surface area contributed by atoms with Crippen LogP contribution in [0.4, 0.5) is 0 Å². The maximum absolute atomic E-state index is 12.5. The highest BCUT2D eigenvalue weighted by Crippen LogP contribution is 2.24. The highest BCUT2D eigenvalue weighted by Gasteiger charge is 2.19. The Bertz CT molecular complexity index is 948. The standard InChI is InChI=1S/C21H28N2O5S/c1-21(2,3)15-6-8-16(9-7-15)28-13-12-23-29(25,26)17-10-11-19(27-5)18(14-17)20(24)22-4/h6-11,14,23H,12-13H2,1-5H3,(H,22,24). The summed E-state index contributed by atoms with van der Waals surface area (Å²) in [4.78, 5) is 11.9. The Balaban J connectivity index is 1.99. The summed E-state index contributed by atoms with van der Waals surface area (Å²) in [6.07, 6.45) is 0. The Morgan fingerprint density at radius 1 is 1.07 bits per heavy atom. The zero-order valence-electron chi connectivity index (χ0n) is 17.4. The van der Waals surface area contributed by atoms with E-state index in [4.69, 9.17) is 9.47 Å². The largest absolute Gasteiger partial charge is 0.496 e. The first kappa shape index (κ1) is 22.7. The fourth-order valence-electron chi connectivity index (χ4n) is 2.65. The number of hydrogen-bond donors (Lipinski definition) is 2. The monoisotopic (exact) mass is 420 g/mol. The molecule has 29 heavy (non-hydrogen) atoms. The molecule has 0 spiro atoms. The minimum Gasteiger partial charge on any atom is -0.496 e. The molecule has 8 heteroatoms. The molecule has 1 amide bonds. The van der Waals surface area contributed by atoms with Gasteiger partial charge in [-0.1, -0.05) is 32.9 Å². The number of carbonyl (C=O) groups is 1. The van der Waals surface area contributed by atoms with Crippen molar-refractivity contribution in [2.45, 2.75) is 31.1 Å². The van der Waals surface area contributed by atoms with Crippen LogP contribution in [-0.4, -0.2) is 41.6 Å². The van der Waals surface area contributed by atoms with Gasteiger partial charge < -0.3 is 14.8 Å². The number of nitrogens with one attached hydrogen (secondary N) is 2. The second kappa shape index (κ2) is 9.28. The van der Waals surface area contributed by atoms with Crippen LogP contribution in [0.1, 0.15) is 36.7 Å². The van der Waals surface area contributed by atoms with Crippen molar-refractivity contribution in [1.82, 2.24) is 10.0 Å². The lowest BCUT2D eigenvalue weighted by molar-refractivity contribution is 0.0960. The first-order valence-electron chi connectivity index (χ1n) is 9.21. The summed E-state index contributed by atoms with van der Waals surface area (Å²) < 4.78 is 38.2. The normalized spacial score (nSPS) is 11.8. The molecule has 0 aromatic heterocycles. The molecule has 0 heterocycles. The molecule has 0 saturated carbocycles. The number of amides is 1. The number of ether oxygens (including phenoxy) is 2. The van der Waals surface area contributed by atoms with Gasteiger partial charge in [0.25, 0.3) is 5.91 Å². The van der Waals surface area contributed by atoms with Crippen LogP contribution in [0.25, 0.3) is 0 Å². The lowest BCUT2D eigenvalue weighted by atomic mass is 9.87. The molecule has 0 aliphatic heterocycles. The third kappa shape index (κ3) is 5.95. The van der Waals surface area contributed by atoms with Gasteiger partial charge in [-0.3, -0.25) is 4.79 Å². The minimum atomic E-state index is -3.80. The summed E-state index contributed by atoms with van der Waals surface area (Å²) in [7, 11) is -0.914. The average Bonchev–Trinajstić information content (AvgIpc) is 2.69. The molecule has 0 aliphatic carbocycles. The van der Waals surface area contributed by atoms with Crippen molar-refractivity contribution < 1.29 is 22.7 Å². The van der Waals surface area contributed by atoms with E-state index in [1.807, 2.05) is 24.3 Å². The molecule has 0 fully saturated rings. The third-order valence-corrected chi connectivity index (χ3v) is 5.79. The van der Waals surface area contributed by atoms with Gasteiger partial charge in [0.05, 0.1) is 17.6 Å². The average molecular weight is 421 g/mol. The summed E-state index contributed by atoms with van der Waals surface area (Å²) in [6.45, 7) is 6.66. The van der Waals surface area contributed by atoms with E-state index in [2.05, 4.69) is 30.8 Å². The van der Waals surface area contributed by atoms with Gasteiger partial charge in [0, 0.05) is 13.6 Å². The lowest BCUT2D eigenvalue weighted by Gasteiger charge is -2.19. The number of methoxy groups -OCH3 is 1. The molecule has 2 aromatic rings. The predicted molar refractivity (Wildman–Crippen MR) is 112 cm³/mol. The van der Waals surface area contributed by atoms with Gasteiger partial charge in [-0.15, -0.1) is 0 Å². The van der Waals surface area contributed by atoms with E-state index in [0.717, 1.165) is 0 Å². The van der Waals surface area contributed by atoms with E-state index < -0.39 is 15.9 Å². The first-order valence-corrected chi connectivity index (χ1v) is 10.7. The van der Waals surface area contributed by atoms with Gasteiger partial charge >= 0.3 is 0 Å². The number of rotatable bonds is 8. The topological polar surface area (TPSA) is 93.7 Å².